The summed E-state index contributed by atoms with van der Waals surface area (Å²) >= 11 is 0. The molecule has 2 fully saturated rings. The van der Waals surface area contributed by atoms with E-state index in [0.29, 0.717) is 0 Å². The van der Waals surface area contributed by atoms with E-state index in [-0.39, 0.29) is 0 Å². The van der Waals surface area contributed by atoms with E-state index >= 15 is 0 Å². The van der Waals surface area contributed by atoms with Crippen molar-refractivity contribution in [1.29, 1.82) is 0 Å². The van der Waals surface area contributed by atoms with E-state index in [1.54, 1.807) is 0 Å². The highest BCUT2D eigenvalue weighted by molar-refractivity contribution is 4.85. The Morgan fingerprint density at radius 2 is 2.07 bits per heavy atom. The van der Waals surface area contributed by atoms with Gasteiger partial charge < -0.3 is 5.32 Å². The molecule has 0 amide bonds. The third-order valence-corrected chi connectivity index (χ3v) is 4.16. The zero-order valence-electron chi connectivity index (χ0n) is 10.3. The predicted molar refractivity (Wildman–Crippen MR) is 65.1 cm³/mol. The Morgan fingerprint density at radius 3 is 2.73 bits per heavy atom. The van der Waals surface area contributed by atoms with Crippen molar-refractivity contribution in [2.24, 2.45) is 5.92 Å². The van der Waals surface area contributed by atoms with Gasteiger partial charge in [-0.15, -0.1) is 0 Å². The van der Waals surface area contributed by atoms with Gasteiger partial charge in [0.1, 0.15) is 0 Å². The molecule has 2 aliphatic rings. The number of likely N-dealkylation sites (tertiary alicyclic amines) is 1. The summed E-state index contributed by atoms with van der Waals surface area (Å²) in [5, 5.41) is 3.74. The average Bonchev–Trinajstić information content (AvgIpc) is 3.10. The number of likely N-dealkylation sites (N-methyl/N-ethyl adjacent to an activating group) is 1. The second-order valence-electron chi connectivity index (χ2n) is 5.31. The summed E-state index contributed by atoms with van der Waals surface area (Å²) in [6.45, 7) is 8.41. The first-order chi connectivity index (χ1) is 7.31. The van der Waals surface area contributed by atoms with Gasteiger partial charge in [-0.3, -0.25) is 4.90 Å². The van der Waals surface area contributed by atoms with Crippen LogP contribution in [0.15, 0.2) is 0 Å². The Labute approximate surface area is 94.4 Å². The fourth-order valence-corrected chi connectivity index (χ4v) is 2.79. The molecule has 2 unspecified atom stereocenters. The number of rotatable bonds is 5. The van der Waals surface area contributed by atoms with Crippen LogP contribution in [-0.4, -0.2) is 36.6 Å². The molecule has 0 aromatic carbocycles. The summed E-state index contributed by atoms with van der Waals surface area (Å²) in [5.41, 5.74) is 0. The van der Waals surface area contributed by atoms with Crippen molar-refractivity contribution in [3.8, 4) is 0 Å². The minimum Gasteiger partial charge on any atom is -0.312 e. The highest BCUT2D eigenvalue weighted by atomic mass is 15.2. The molecule has 88 valence electrons. The summed E-state index contributed by atoms with van der Waals surface area (Å²) in [6, 6.07) is 1.57. The first-order valence-electron chi connectivity index (χ1n) is 6.78. The molecule has 1 saturated carbocycles. The third-order valence-electron chi connectivity index (χ3n) is 4.16. The fraction of sp³-hybridized carbons (Fsp3) is 1.00. The van der Waals surface area contributed by atoms with Crippen molar-refractivity contribution in [2.45, 2.75) is 58.0 Å². The van der Waals surface area contributed by atoms with E-state index in [1.165, 1.54) is 51.7 Å². The van der Waals surface area contributed by atoms with Crippen molar-refractivity contribution in [1.82, 2.24) is 10.2 Å². The Kier molecular flexibility index (Phi) is 4.04. The Morgan fingerprint density at radius 1 is 1.27 bits per heavy atom. The lowest BCUT2D eigenvalue weighted by Gasteiger charge is -2.35. The predicted octanol–water partition coefficient (Wildman–Crippen LogP) is 2.25. The van der Waals surface area contributed by atoms with Crippen LogP contribution in [-0.2, 0) is 0 Å². The van der Waals surface area contributed by atoms with E-state index in [4.69, 9.17) is 0 Å². The second-order valence-corrected chi connectivity index (χ2v) is 5.31. The molecule has 1 saturated heterocycles. The number of nitrogens with one attached hydrogen (secondary N) is 1. The lowest BCUT2D eigenvalue weighted by molar-refractivity contribution is 0.150. The van der Waals surface area contributed by atoms with E-state index in [9.17, 15) is 0 Å². The monoisotopic (exact) mass is 210 g/mol. The normalized spacial score (nSPS) is 30.4. The van der Waals surface area contributed by atoms with Crippen LogP contribution in [0, 0.1) is 5.92 Å². The van der Waals surface area contributed by atoms with Crippen LogP contribution in [0.4, 0.5) is 0 Å². The summed E-state index contributed by atoms with van der Waals surface area (Å²) in [7, 11) is 0. The van der Waals surface area contributed by atoms with Crippen molar-refractivity contribution >= 4 is 0 Å². The quantitative estimate of drug-likeness (QED) is 0.749. The van der Waals surface area contributed by atoms with Crippen LogP contribution in [0.2, 0.25) is 0 Å². The van der Waals surface area contributed by atoms with E-state index in [1.807, 2.05) is 0 Å². The van der Waals surface area contributed by atoms with Crippen LogP contribution in [0.5, 0.6) is 0 Å². The number of piperidine rings is 1. The topological polar surface area (TPSA) is 15.3 Å². The third kappa shape index (κ3) is 3.18. The molecule has 15 heavy (non-hydrogen) atoms. The minimum absolute atomic E-state index is 0.755. The Balaban J connectivity index is 1.71. The molecule has 1 N–H and O–H groups in total. The van der Waals surface area contributed by atoms with Gasteiger partial charge in [0.05, 0.1) is 0 Å². The van der Waals surface area contributed by atoms with Gasteiger partial charge in [0, 0.05) is 18.6 Å². The maximum Gasteiger partial charge on any atom is 0.0220 e. The van der Waals surface area contributed by atoms with Crippen LogP contribution >= 0.6 is 0 Å². The maximum absolute atomic E-state index is 3.74. The van der Waals surface area contributed by atoms with Crippen molar-refractivity contribution in [2.75, 3.05) is 19.6 Å². The number of nitrogens with zero attached hydrogens (tertiary/aromatic N) is 1. The highest BCUT2D eigenvalue weighted by Gasteiger charge is 2.28. The SMILES string of the molecule is CCN1CCCCC1CNC(C)C1CC1. The van der Waals surface area contributed by atoms with Crippen LogP contribution in [0.25, 0.3) is 0 Å². The van der Waals surface area contributed by atoms with Crippen molar-refractivity contribution in [3.05, 3.63) is 0 Å². The van der Waals surface area contributed by atoms with Crippen LogP contribution < -0.4 is 5.32 Å². The van der Waals surface area contributed by atoms with Gasteiger partial charge in [-0.25, -0.2) is 0 Å². The molecule has 1 aliphatic carbocycles. The van der Waals surface area contributed by atoms with Crippen molar-refractivity contribution < 1.29 is 0 Å². The molecule has 2 rings (SSSR count). The standard InChI is InChI=1S/C13H26N2/c1-3-15-9-5-4-6-13(15)10-14-11(2)12-7-8-12/h11-14H,3-10H2,1-2H3. The molecule has 0 radical (unpaired) electrons. The average molecular weight is 210 g/mol. The van der Waals surface area contributed by atoms with Gasteiger partial charge in [-0.05, 0) is 51.6 Å². The summed E-state index contributed by atoms with van der Waals surface area (Å²) in [5.74, 6) is 0.990. The smallest absolute Gasteiger partial charge is 0.0220 e. The Hall–Kier alpha value is -0.0800. The molecule has 1 aliphatic heterocycles. The zero-order valence-corrected chi connectivity index (χ0v) is 10.3. The molecular weight excluding hydrogens is 184 g/mol. The molecule has 0 aromatic heterocycles. The molecule has 0 aromatic rings. The van der Waals surface area contributed by atoms with Gasteiger partial charge in [0.15, 0.2) is 0 Å². The molecule has 0 bridgehead atoms. The van der Waals surface area contributed by atoms with Gasteiger partial charge in [-0.1, -0.05) is 13.3 Å². The molecule has 2 heteroatoms. The summed E-state index contributed by atoms with van der Waals surface area (Å²) in [4.78, 5) is 2.65. The van der Waals surface area contributed by atoms with Gasteiger partial charge in [-0.2, -0.15) is 0 Å². The molecule has 2 nitrogen and oxygen atoms in total. The molecule has 2 atom stereocenters. The van der Waals surface area contributed by atoms with E-state index in [2.05, 4.69) is 24.1 Å². The summed E-state index contributed by atoms with van der Waals surface area (Å²) < 4.78 is 0. The molecular formula is C13H26N2. The molecule has 1 heterocycles. The highest BCUT2D eigenvalue weighted by Crippen LogP contribution is 2.32. The zero-order chi connectivity index (χ0) is 10.7. The number of hydrogen-bond acceptors (Lipinski definition) is 2. The summed E-state index contributed by atoms with van der Waals surface area (Å²) in [6.07, 6.45) is 7.15. The van der Waals surface area contributed by atoms with Gasteiger partial charge >= 0.3 is 0 Å². The lowest BCUT2D eigenvalue weighted by Crippen LogP contribution is -2.47. The Bertz CT molecular complexity index is 189. The largest absolute Gasteiger partial charge is 0.312 e. The van der Waals surface area contributed by atoms with Crippen LogP contribution in [0.3, 0.4) is 0 Å². The van der Waals surface area contributed by atoms with E-state index < -0.39 is 0 Å². The van der Waals surface area contributed by atoms with Crippen molar-refractivity contribution in [3.63, 3.8) is 0 Å². The van der Waals surface area contributed by atoms with Gasteiger partial charge in [0.2, 0.25) is 0 Å². The van der Waals surface area contributed by atoms with Gasteiger partial charge in [0.25, 0.3) is 0 Å². The number of hydrogen-bond donors (Lipinski definition) is 1. The van der Waals surface area contributed by atoms with E-state index in [0.717, 1.165) is 18.0 Å². The lowest BCUT2D eigenvalue weighted by atomic mass is 10.0. The first-order valence-corrected chi connectivity index (χ1v) is 6.78. The fourth-order valence-electron chi connectivity index (χ4n) is 2.79. The maximum atomic E-state index is 3.74. The first kappa shape index (κ1) is 11.4. The minimum atomic E-state index is 0.755. The van der Waals surface area contributed by atoms with Crippen LogP contribution in [0.1, 0.15) is 46.0 Å². The molecule has 0 spiro atoms. The second kappa shape index (κ2) is 5.31.